The lowest BCUT2D eigenvalue weighted by Gasteiger charge is -2.07. The fraction of sp³-hybridized carbons (Fsp3) is 0. The van der Waals surface area contributed by atoms with E-state index < -0.39 is 0 Å². The Kier molecular flexibility index (Phi) is 3.61. The molecule has 2 nitrogen and oxygen atoms in total. The van der Waals surface area contributed by atoms with Crippen molar-refractivity contribution in [2.24, 2.45) is 5.73 Å². The van der Waals surface area contributed by atoms with Crippen molar-refractivity contribution in [2.45, 2.75) is 0 Å². The lowest BCUT2D eigenvalue weighted by molar-refractivity contribution is 0.483. The first-order valence-corrected chi connectivity index (χ1v) is 5.77. The summed E-state index contributed by atoms with van der Waals surface area (Å²) in [6.45, 7) is 0. The summed E-state index contributed by atoms with van der Waals surface area (Å²) in [5.41, 5.74) is 6.32. The summed E-state index contributed by atoms with van der Waals surface area (Å²) in [6, 6.07) is 14.5. The molecule has 0 aliphatic heterocycles. The third-order valence-electron chi connectivity index (χ3n) is 2.20. The Hall–Kier alpha value is -1.58. The zero-order valence-electron chi connectivity index (χ0n) is 8.89. The van der Waals surface area contributed by atoms with Gasteiger partial charge in [0.1, 0.15) is 16.5 Å². The molecule has 0 saturated heterocycles. The van der Waals surface area contributed by atoms with Crippen molar-refractivity contribution in [1.29, 1.82) is 0 Å². The minimum absolute atomic E-state index is 0.370. The largest absolute Gasteiger partial charge is 0.456 e. The predicted octanol–water partition coefficient (Wildman–Crippen LogP) is 3.77. The van der Waals surface area contributed by atoms with Crippen LogP contribution >= 0.6 is 23.8 Å². The average molecular weight is 264 g/mol. The monoisotopic (exact) mass is 263 g/mol. The van der Waals surface area contributed by atoms with Crippen LogP contribution in [0.15, 0.2) is 48.5 Å². The van der Waals surface area contributed by atoms with Crippen LogP contribution in [0.5, 0.6) is 11.5 Å². The van der Waals surface area contributed by atoms with Crippen LogP contribution in [0.25, 0.3) is 0 Å². The number of rotatable bonds is 3. The van der Waals surface area contributed by atoms with E-state index in [4.69, 9.17) is 34.3 Å². The maximum absolute atomic E-state index is 5.99. The molecule has 0 unspecified atom stereocenters. The average Bonchev–Trinajstić information content (AvgIpc) is 2.33. The molecule has 0 aliphatic rings. The number of halogens is 1. The zero-order chi connectivity index (χ0) is 12.3. The zero-order valence-corrected chi connectivity index (χ0v) is 10.5. The van der Waals surface area contributed by atoms with Crippen molar-refractivity contribution < 1.29 is 4.74 Å². The van der Waals surface area contributed by atoms with E-state index in [9.17, 15) is 0 Å². The molecule has 17 heavy (non-hydrogen) atoms. The summed E-state index contributed by atoms with van der Waals surface area (Å²) in [5, 5.41) is 0.575. The molecule has 0 bridgehead atoms. The van der Waals surface area contributed by atoms with E-state index in [0.29, 0.717) is 21.5 Å². The molecular weight excluding hydrogens is 254 g/mol. The number of benzene rings is 2. The standard InChI is InChI=1S/C13H10ClNOS/c14-11-3-1-2-4-12(11)16-10-7-5-9(6-8-10)13(15)17/h1-8H,(H2,15,17). The predicted molar refractivity (Wildman–Crippen MR) is 73.9 cm³/mol. The second-order valence-corrected chi connectivity index (χ2v) is 4.27. The molecule has 0 saturated carbocycles. The van der Waals surface area contributed by atoms with E-state index in [2.05, 4.69) is 0 Å². The lowest BCUT2D eigenvalue weighted by Crippen LogP contribution is -2.08. The van der Waals surface area contributed by atoms with Crippen LogP contribution in [0.4, 0.5) is 0 Å². The van der Waals surface area contributed by atoms with Gasteiger partial charge in [-0.1, -0.05) is 36.0 Å². The molecule has 0 aromatic heterocycles. The summed E-state index contributed by atoms with van der Waals surface area (Å²) >= 11 is 10.9. The van der Waals surface area contributed by atoms with Crippen LogP contribution < -0.4 is 10.5 Å². The first-order chi connectivity index (χ1) is 8.16. The highest BCUT2D eigenvalue weighted by Crippen LogP contribution is 2.28. The van der Waals surface area contributed by atoms with E-state index in [0.717, 1.165) is 5.56 Å². The van der Waals surface area contributed by atoms with Gasteiger partial charge in [-0.25, -0.2) is 0 Å². The van der Waals surface area contributed by atoms with Crippen molar-refractivity contribution in [2.75, 3.05) is 0 Å². The second-order valence-electron chi connectivity index (χ2n) is 3.42. The Bertz CT molecular complexity index is 539. The van der Waals surface area contributed by atoms with Gasteiger partial charge in [-0.3, -0.25) is 0 Å². The summed E-state index contributed by atoms with van der Waals surface area (Å²) in [7, 11) is 0. The number of para-hydroxylation sites is 1. The SMILES string of the molecule is NC(=S)c1ccc(Oc2ccccc2Cl)cc1. The minimum Gasteiger partial charge on any atom is -0.456 e. The second kappa shape index (κ2) is 5.17. The molecule has 0 spiro atoms. The summed E-state index contributed by atoms with van der Waals surface area (Å²) in [4.78, 5) is 0.370. The van der Waals surface area contributed by atoms with Crippen LogP contribution in [0, 0.1) is 0 Å². The molecule has 2 rings (SSSR count). The fourth-order valence-corrected chi connectivity index (χ4v) is 1.65. The highest BCUT2D eigenvalue weighted by Gasteiger charge is 2.02. The van der Waals surface area contributed by atoms with E-state index in [1.54, 1.807) is 18.2 Å². The van der Waals surface area contributed by atoms with Gasteiger partial charge >= 0.3 is 0 Å². The first-order valence-electron chi connectivity index (χ1n) is 4.99. The van der Waals surface area contributed by atoms with E-state index in [-0.39, 0.29) is 0 Å². The van der Waals surface area contributed by atoms with Crippen molar-refractivity contribution in [3.05, 3.63) is 59.1 Å². The molecule has 2 N–H and O–H groups in total. The molecule has 0 aliphatic carbocycles. The highest BCUT2D eigenvalue weighted by atomic mass is 35.5. The van der Waals surface area contributed by atoms with Crippen LogP contribution in [0.2, 0.25) is 5.02 Å². The smallest absolute Gasteiger partial charge is 0.146 e. The minimum atomic E-state index is 0.370. The van der Waals surface area contributed by atoms with Gasteiger partial charge in [-0.2, -0.15) is 0 Å². The third kappa shape index (κ3) is 2.96. The normalized spacial score (nSPS) is 9.94. The Morgan fingerprint density at radius 2 is 1.71 bits per heavy atom. The van der Waals surface area contributed by atoms with Gasteiger partial charge in [0.2, 0.25) is 0 Å². The van der Waals surface area contributed by atoms with Crippen molar-refractivity contribution in [3.8, 4) is 11.5 Å². The molecule has 86 valence electrons. The van der Waals surface area contributed by atoms with Crippen LogP contribution in [-0.2, 0) is 0 Å². The number of thiocarbonyl (C=S) groups is 1. The van der Waals surface area contributed by atoms with Crippen molar-refractivity contribution >= 4 is 28.8 Å². The summed E-state index contributed by atoms with van der Waals surface area (Å²) in [5.74, 6) is 1.32. The van der Waals surface area contributed by atoms with Crippen LogP contribution in [-0.4, -0.2) is 4.99 Å². The maximum atomic E-state index is 5.99. The van der Waals surface area contributed by atoms with E-state index in [1.807, 2.05) is 30.3 Å². The molecule has 0 amide bonds. The molecule has 0 heterocycles. The van der Waals surface area contributed by atoms with Crippen LogP contribution in [0.3, 0.4) is 0 Å². The van der Waals surface area contributed by atoms with Gasteiger partial charge in [0.15, 0.2) is 0 Å². The molecule has 2 aromatic rings. The topological polar surface area (TPSA) is 35.2 Å². The highest BCUT2D eigenvalue weighted by molar-refractivity contribution is 7.80. The van der Waals surface area contributed by atoms with Gasteiger partial charge in [-0.15, -0.1) is 0 Å². The molecule has 0 fully saturated rings. The first kappa shape index (κ1) is 11.9. The van der Waals surface area contributed by atoms with Crippen molar-refractivity contribution in [1.82, 2.24) is 0 Å². The number of hydrogen-bond acceptors (Lipinski definition) is 2. The lowest BCUT2D eigenvalue weighted by atomic mass is 10.2. The maximum Gasteiger partial charge on any atom is 0.146 e. The number of ether oxygens (including phenoxy) is 1. The summed E-state index contributed by atoms with van der Waals surface area (Å²) in [6.07, 6.45) is 0. The van der Waals surface area contributed by atoms with Gasteiger partial charge in [0, 0.05) is 5.56 Å². The van der Waals surface area contributed by atoms with Crippen molar-refractivity contribution in [3.63, 3.8) is 0 Å². The van der Waals surface area contributed by atoms with Gasteiger partial charge in [0.25, 0.3) is 0 Å². The van der Waals surface area contributed by atoms with Gasteiger partial charge < -0.3 is 10.5 Å². The van der Waals surface area contributed by atoms with Crippen LogP contribution in [0.1, 0.15) is 5.56 Å². The molecule has 0 atom stereocenters. The number of nitrogens with two attached hydrogens (primary N) is 1. The van der Waals surface area contributed by atoms with Gasteiger partial charge in [0.05, 0.1) is 5.02 Å². The Morgan fingerprint density at radius 3 is 2.29 bits per heavy atom. The number of hydrogen-bond donors (Lipinski definition) is 1. The Balaban J connectivity index is 2.20. The molecule has 0 radical (unpaired) electrons. The molecule has 2 aromatic carbocycles. The Morgan fingerprint density at radius 1 is 1.06 bits per heavy atom. The van der Waals surface area contributed by atoms with E-state index >= 15 is 0 Å². The molecule has 4 heteroatoms. The molecular formula is C13H10ClNOS. The third-order valence-corrected chi connectivity index (χ3v) is 2.75. The summed E-state index contributed by atoms with van der Waals surface area (Å²) < 4.78 is 5.63. The van der Waals surface area contributed by atoms with E-state index in [1.165, 1.54) is 0 Å². The fourth-order valence-electron chi connectivity index (χ4n) is 1.34. The Labute approximate surface area is 110 Å². The van der Waals surface area contributed by atoms with Gasteiger partial charge in [-0.05, 0) is 36.4 Å². The quantitative estimate of drug-likeness (QED) is 0.857.